The minimum atomic E-state index is 0.0453. The smallest absolute Gasteiger partial charge is 0.242 e. The summed E-state index contributed by atoms with van der Waals surface area (Å²) in [4.78, 5) is 8.21. The van der Waals surface area contributed by atoms with E-state index in [-0.39, 0.29) is 6.10 Å². The molecule has 6 heteroatoms. The van der Waals surface area contributed by atoms with Crippen LogP contribution in [0.4, 0.5) is 11.5 Å². The lowest BCUT2D eigenvalue weighted by Crippen LogP contribution is -2.19. The Bertz CT molecular complexity index is 373. The number of nitrogen functional groups attached to an aromatic ring is 1. The number of anilines is 2. The van der Waals surface area contributed by atoms with E-state index in [1.165, 1.54) is 6.33 Å². The Morgan fingerprint density at radius 2 is 2.11 bits per heavy atom. The highest BCUT2D eigenvalue weighted by atomic mass is 32.2. The number of aromatic nitrogens is 2. The van der Waals surface area contributed by atoms with Crippen LogP contribution in [-0.4, -0.2) is 34.1 Å². The van der Waals surface area contributed by atoms with Crippen molar-refractivity contribution in [1.29, 1.82) is 0 Å². The van der Waals surface area contributed by atoms with Gasteiger partial charge in [0.25, 0.3) is 0 Å². The van der Waals surface area contributed by atoms with Gasteiger partial charge in [0.05, 0.1) is 6.10 Å². The first kappa shape index (κ1) is 14.9. The van der Waals surface area contributed by atoms with Crippen molar-refractivity contribution in [2.45, 2.75) is 39.3 Å². The molecule has 1 atom stereocenters. The van der Waals surface area contributed by atoms with E-state index >= 15 is 0 Å². The van der Waals surface area contributed by atoms with Gasteiger partial charge >= 0.3 is 0 Å². The van der Waals surface area contributed by atoms with Crippen molar-refractivity contribution in [3.8, 4) is 5.88 Å². The first-order valence-electron chi connectivity index (χ1n) is 6.07. The van der Waals surface area contributed by atoms with Crippen molar-refractivity contribution < 1.29 is 4.74 Å². The number of rotatable bonds is 7. The molecule has 3 N–H and O–H groups in total. The molecule has 0 aromatic carbocycles. The molecule has 5 nitrogen and oxygen atoms in total. The van der Waals surface area contributed by atoms with Crippen LogP contribution < -0.4 is 15.8 Å². The lowest BCUT2D eigenvalue weighted by molar-refractivity contribution is 0.234. The predicted octanol–water partition coefficient (Wildman–Crippen LogP) is 2.40. The Morgan fingerprint density at radius 3 is 2.72 bits per heavy atom. The van der Waals surface area contributed by atoms with Gasteiger partial charge in [-0.25, -0.2) is 4.98 Å². The van der Waals surface area contributed by atoms with Crippen LogP contribution in [0.5, 0.6) is 5.88 Å². The fourth-order valence-corrected chi connectivity index (χ4v) is 2.00. The molecule has 0 aliphatic rings. The van der Waals surface area contributed by atoms with Gasteiger partial charge in [-0.3, -0.25) is 0 Å². The summed E-state index contributed by atoms with van der Waals surface area (Å²) >= 11 is 1.83. The molecule has 102 valence electrons. The molecule has 0 bridgehead atoms. The van der Waals surface area contributed by atoms with Crippen LogP contribution in [0.1, 0.15) is 27.2 Å². The molecule has 0 saturated carbocycles. The summed E-state index contributed by atoms with van der Waals surface area (Å²) in [6.45, 7) is 5.99. The van der Waals surface area contributed by atoms with Crippen LogP contribution in [0, 0.1) is 0 Å². The summed E-state index contributed by atoms with van der Waals surface area (Å²) in [6, 6.07) is 0.321. The zero-order chi connectivity index (χ0) is 13.5. The summed E-state index contributed by atoms with van der Waals surface area (Å²) in [5.41, 5.74) is 6.47. The SMILES string of the molecule is CSCCC(C)Nc1ncnc(OC(C)C)c1N. The molecule has 1 unspecified atom stereocenters. The van der Waals surface area contributed by atoms with Crippen LogP contribution in [0.25, 0.3) is 0 Å². The van der Waals surface area contributed by atoms with E-state index in [2.05, 4.69) is 28.5 Å². The molecule has 1 aromatic heterocycles. The third-order valence-electron chi connectivity index (χ3n) is 2.33. The van der Waals surface area contributed by atoms with Crippen LogP contribution in [-0.2, 0) is 0 Å². The van der Waals surface area contributed by atoms with Crippen LogP contribution in [0.2, 0.25) is 0 Å². The largest absolute Gasteiger partial charge is 0.473 e. The summed E-state index contributed by atoms with van der Waals surface area (Å²) in [6.07, 6.45) is 4.67. The van der Waals surface area contributed by atoms with Crippen LogP contribution >= 0.6 is 11.8 Å². The molecule has 0 aliphatic carbocycles. The number of hydrogen-bond acceptors (Lipinski definition) is 6. The predicted molar refractivity (Wildman–Crippen MR) is 78.3 cm³/mol. The van der Waals surface area contributed by atoms with Gasteiger partial charge in [0, 0.05) is 6.04 Å². The van der Waals surface area contributed by atoms with E-state index < -0.39 is 0 Å². The van der Waals surface area contributed by atoms with Crippen LogP contribution in [0.15, 0.2) is 6.33 Å². The molecular formula is C12H22N4OS. The van der Waals surface area contributed by atoms with Crippen molar-refractivity contribution >= 4 is 23.3 Å². The van der Waals surface area contributed by atoms with Gasteiger partial charge in [0.15, 0.2) is 5.82 Å². The van der Waals surface area contributed by atoms with Gasteiger partial charge in [0.2, 0.25) is 5.88 Å². The van der Waals surface area contributed by atoms with Crippen molar-refractivity contribution in [2.75, 3.05) is 23.1 Å². The van der Waals surface area contributed by atoms with E-state index in [0.29, 0.717) is 23.4 Å². The standard InChI is InChI=1S/C12H22N4OS/c1-8(2)17-12-10(13)11(14-7-15-12)16-9(3)5-6-18-4/h7-9H,5-6,13H2,1-4H3,(H,14,15,16). The fraction of sp³-hybridized carbons (Fsp3) is 0.667. The lowest BCUT2D eigenvalue weighted by Gasteiger charge is -2.17. The average molecular weight is 270 g/mol. The normalized spacial score (nSPS) is 12.5. The molecule has 0 aliphatic heterocycles. The van der Waals surface area contributed by atoms with Gasteiger partial charge in [-0.15, -0.1) is 0 Å². The zero-order valence-electron chi connectivity index (χ0n) is 11.4. The minimum absolute atomic E-state index is 0.0453. The Labute approximate surface area is 113 Å². The summed E-state index contributed by atoms with van der Waals surface area (Å²) in [5.74, 6) is 2.20. The Morgan fingerprint density at radius 1 is 1.39 bits per heavy atom. The van der Waals surface area contributed by atoms with E-state index in [1.807, 2.05) is 25.6 Å². The highest BCUT2D eigenvalue weighted by molar-refractivity contribution is 7.98. The first-order valence-corrected chi connectivity index (χ1v) is 7.46. The maximum atomic E-state index is 5.99. The number of hydrogen-bond donors (Lipinski definition) is 2. The van der Waals surface area contributed by atoms with E-state index in [1.54, 1.807) is 0 Å². The highest BCUT2D eigenvalue weighted by Crippen LogP contribution is 2.26. The summed E-state index contributed by atoms with van der Waals surface area (Å²) in [5, 5.41) is 3.29. The fourth-order valence-electron chi connectivity index (χ4n) is 1.41. The van der Waals surface area contributed by atoms with Crippen molar-refractivity contribution in [3.63, 3.8) is 0 Å². The van der Waals surface area contributed by atoms with Crippen LogP contribution in [0.3, 0.4) is 0 Å². The molecule has 0 fully saturated rings. The second-order valence-electron chi connectivity index (χ2n) is 4.43. The van der Waals surface area contributed by atoms with Gasteiger partial charge in [-0.1, -0.05) is 0 Å². The number of nitrogens with one attached hydrogen (secondary N) is 1. The maximum Gasteiger partial charge on any atom is 0.242 e. The maximum absolute atomic E-state index is 5.99. The molecule has 1 aromatic rings. The third kappa shape index (κ3) is 4.60. The number of ether oxygens (including phenoxy) is 1. The lowest BCUT2D eigenvalue weighted by atomic mass is 10.2. The molecule has 0 radical (unpaired) electrons. The van der Waals surface area contributed by atoms with Gasteiger partial charge in [-0.2, -0.15) is 16.7 Å². The molecule has 1 heterocycles. The molecule has 0 spiro atoms. The Kier molecular flexibility index (Phi) is 6.04. The van der Waals surface area contributed by atoms with Gasteiger partial charge in [-0.05, 0) is 39.2 Å². The Balaban J connectivity index is 2.71. The molecule has 0 saturated heterocycles. The molecule has 1 rings (SSSR count). The summed E-state index contributed by atoms with van der Waals surface area (Å²) < 4.78 is 5.53. The third-order valence-corrected chi connectivity index (χ3v) is 2.98. The minimum Gasteiger partial charge on any atom is -0.473 e. The van der Waals surface area contributed by atoms with Crippen molar-refractivity contribution in [2.24, 2.45) is 0 Å². The van der Waals surface area contributed by atoms with Crippen molar-refractivity contribution in [3.05, 3.63) is 6.33 Å². The second-order valence-corrected chi connectivity index (χ2v) is 5.42. The van der Waals surface area contributed by atoms with Gasteiger partial charge < -0.3 is 15.8 Å². The number of nitrogens with two attached hydrogens (primary N) is 1. The van der Waals surface area contributed by atoms with E-state index in [9.17, 15) is 0 Å². The Hall–Kier alpha value is -1.17. The highest BCUT2D eigenvalue weighted by Gasteiger charge is 2.12. The van der Waals surface area contributed by atoms with Gasteiger partial charge in [0.1, 0.15) is 12.0 Å². The average Bonchev–Trinajstić information content (AvgIpc) is 2.31. The van der Waals surface area contributed by atoms with Crippen molar-refractivity contribution in [1.82, 2.24) is 9.97 Å². The quantitative estimate of drug-likeness (QED) is 0.792. The zero-order valence-corrected chi connectivity index (χ0v) is 12.3. The molecule has 18 heavy (non-hydrogen) atoms. The van der Waals surface area contributed by atoms with E-state index in [4.69, 9.17) is 10.5 Å². The van der Waals surface area contributed by atoms with E-state index in [0.717, 1.165) is 12.2 Å². The first-order chi connectivity index (χ1) is 8.54. The summed E-state index contributed by atoms with van der Waals surface area (Å²) in [7, 11) is 0. The topological polar surface area (TPSA) is 73.1 Å². The molecule has 0 amide bonds. The second kappa shape index (κ2) is 7.31. The monoisotopic (exact) mass is 270 g/mol. The number of thioether (sulfide) groups is 1. The number of nitrogens with zero attached hydrogens (tertiary/aromatic N) is 2. The molecular weight excluding hydrogens is 248 g/mol.